The summed E-state index contributed by atoms with van der Waals surface area (Å²) < 4.78 is 23.5. The normalized spacial score (nSPS) is 32.2. The molecule has 4 rings (SSSR count). The minimum Gasteiger partial charge on any atom is -0.372 e. The number of hydrogen-bond donors (Lipinski definition) is 1. The first kappa shape index (κ1) is 20.8. The predicted molar refractivity (Wildman–Crippen MR) is 120 cm³/mol. The molecule has 156 valence electrons. The molecule has 2 bridgehead atoms. The minimum absolute atomic E-state index is 0.00670. The summed E-state index contributed by atoms with van der Waals surface area (Å²) >= 11 is 0. The lowest BCUT2D eigenvalue weighted by atomic mass is 9.70. The van der Waals surface area contributed by atoms with E-state index < -0.39 is 11.0 Å². The Labute approximate surface area is 177 Å². The van der Waals surface area contributed by atoms with Crippen LogP contribution in [0.3, 0.4) is 0 Å². The third kappa shape index (κ3) is 3.60. The molecule has 0 radical (unpaired) electrons. The predicted octanol–water partition coefficient (Wildman–Crippen LogP) is 5.41. The van der Waals surface area contributed by atoms with E-state index in [4.69, 9.17) is 4.74 Å². The van der Waals surface area contributed by atoms with Gasteiger partial charge in [0.25, 0.3) is 0 Å². The van der Waals surface area contributed by atoms with Crippen LogP contribution in [0.15, 0.2) is 60.7 Å². The third-order valence-corrected chi connectivity index (χ3v) is 9.46. The molecule has 0 heterocycles. The maximum atomic E-state index is 13.6. The van der Waals surface area contributed by atoms with Crippen LogP contribution in [0, 0.1) is 16.7 Å². The van der Waals surface area contributed by atoms with E-state index >= 15 is 0 Å². The molecular weight excluding hydrogens is 378 g/mol. The highest BCUT2D eigenvalue weighted by atomic mass is 32.2. The van der Waals surface area contributed by atoms with Gasteiger partial charge in [0.2, 0.25) is 0 Å². The number of rotatable bonds is 7. The van der Waals surface area contributed by atoms with Gasteiger partial charge in [0, 0.05) is 11.5 Å². The Morgan fingerprint density at radius 2 is 1.69 bits per heavy atom. The van der Waals surface area contributed by atoms with Gasteiger partial charge in [-0.1, -0.05) is 81.4 Å². The maximum Gasteiger partial charge on any atom is 0.0982 e. The molecule has 3 nitrogen and oxygen atoms in total. The second kappa shape index (κ2) is 7.98. The van der Waals surface area contributed by atoms with Gasteiger partial charge in [0.05, 0.1) is 28.9 Å². The van der Waals surface area contributed by atoms with Gasteiger partial charge < -0.3 is 4.74 Å². The molecule has 0 spiro atoms. The van der Waals surface area contributed by atoms with Crippen molar-refractivity contribution in [2.45, 2.75) is 64.5 Å². The molecule has 4 heteroatoms. The molecule has 29 heavy (non-hydrogen) atoms. The summed E-state index contributed by atoms with van der Waals surface area (Å²) in [6, 6.07) is 20.6. The molecule has 1 N–H and O–H groups in total. The van der Waals surface area contributed by atoms with Gasteiger partial charge in [-0.25, -0.2) is 8.93 Å². The van der Waals surface area contributed by atoms with Crippen LogP contribution in [0.5, 0.6) is 0 Å². The topological polar surface area (TPSA) is 38.3 Å². The highest BCUT2D eigenvalue weighted by molar-refractivity contribution is 7.83. The number of nitrogens with one attached hydrogen (secondary N) is 1. The second-order valence-corrected chi connectivity index (χ2v) is 10.9. The summed E-state index contributed by atoms with van der Waals surface area (Å²) in [6.45, 7) is 9.71. The van der Waals surface area contributed by atoms with Crippen molar-refractivity contribution in [2.75, 3.05) is 0 Å². The van der Waals surface area contributed by atoms with Crippen LogP contribution in [0.25, 0.3) is 0 Å². The Kier molecular flexibility index (Phi) is 5.71. The highest BCUT2D eigenvalue weighted by Crippen LogP contribution is 2.67. The lowest BCUT2D eigenvalue weighted by Gasteiger charge is -2.40. The first-order chi connectivity index (χ1) is 13.8. The van der Waals surface area contributed by atoms with Crippen LogP contribution in [0.1, 0.15) is 57.7 Å². The molecule has 2 aliphatic carbocycles. The van der Waals surface area contributed by atoms with Gasteiger partial charge >= 0.3 is 0 Å². The Morgan fingerprint density at radius 3 is 2.34 bits per heavy atom. The smallest absolute Gasteiger partial charge is 0.0982 e. The SMILES string of the molecule is C[C@H](N[S@](=O)[C@@H]1[C@H]2CC[C@@](C)([C@@H]1OCc1ccccc1)C2(C)C)c1ccccc1. The standard InChI is InChI=1S/C25H33NO2S/c1-18(20-13-9-6-10-14-20)26-29(27)22-21-15-16-25(4,24(21,2)3)23(22)28-17-19-11-7-5-8-12-19/h5-14,18,21-23,26H,15-17H2,1-4H3/t18-,21+,22+,23+,25-,29+/m0/s1. The summed E-state index contributed by atoms with van der Waals surface area (Å²) in [5, 5.41) is 0.0126. The third-order valence-electron chi connectivity index (χ3n) is 7.81. The monoisotopic (exact) mass is 411 g/mol. The quantitative estimate of drug-likeness (QED) is 0.661. The largest absolute Gasteiger partial charge is 0.372 e. The van der Waals surface area contributed by atoms with Crippen LogP contribution in [0.4, 0.5) is 0 Å². The zero-order valence-corrected chi connectivity index (χ0v) is 18.7. The van der Waals surface area contributed by atoms with Gasteiger partial charge in [0.1, 0.15) is 0 Å². The van der Waals surface area contributed by atoms with Crippen molar-refractivity contribution in [3.05, 3.63) is 71.8 Å². The summed E-state index contributed by atoms with van der Waals surface area (Å²) in [7, 11) is -1.16. The van der Waals surface area contributed by atoms with E-state index in [1.54, 1.807) is 0 Å². The molecule has 0 amide bonds. The molecule has 2 aromatic carbocycles. The minimum atomic E-state index is -1.16. The Balaban J connectivity index is 1.55. The van der Waals surface area contributed by atoms with Crippen LogP contribution >= 0.6 is 0 Å². The van der Waals surface area contributed by atoms with Crippen molar-refractivity contribution in [3.8, 4) is 0 Å². The summed E-state index contributed by atoms with van der Waals surface area (Å²) in [4.78, 5) is 0. The average molecular weight is 412 g/mol. The van der Waals surface area contributed by atoms with E-state index in [0.29, 0.717) is 12.5 Å². The second-order valence-electron chi connectivity index (χ2n) is 9.51. The molecule has 0 aromatic heterocycles. The van der Waals surface area contributed by atoms with Crippen LogP contribution < -0.4 is 4.72 Å². The summed E-state index contributed by atoms with van der Waals surface area (Å²) in [5.74, 6) is 0.407. The molecule has 0 unspecified atom stereocenters. The van der Waals surface area contributed by atoms with E-state index in [1.165, 1.54) is 5.56 Å². The molecular formula is C25H33NO2S. The fourth-order valence-electron chi connectivity index (χ4n) is 5.58. The Hall–Kier alpha value is -1.49. The zero-order valence-electron chi connectivity index (χ0n) is 17.9. The lowest BCUT2D eigenvalue weighted by molar-refractivity contribution is -0.0531. The van der Waals surface area contributed by atoms with Crippen molar-refractivity contribution in [3.63, 3.8) is 0 Å². The average Bonchev–Trinajstić information content (AvgIpc) is 3.05. The van der Waals surface area contributed by atoms with Crippen molar-refractivity contribution in [2.24, 2.45) is 16.7 Å². The summed E-state index contributed by atoms with van der Waals surface area (Å²) in [6.07, 6.45) is 2.27. The maximum absolute atomic E-state index is 13.6. The van der Waals surface area contributed by atoms with Crippen LogP contribution in [-0.4, -0.2) is 15.6 Å². The van der Waals surface area contributed by atoms with E-state index in [0.717, 1.165) is 18.4 Å². The molecule has 2 aromatic rings. The van der Waals surface area contributed by atoms with Gasteiger partial charge in [-0.05, 0) is 42.2 Å². The fourth-order valence-corrected chi connectivity index (χ4v) is 7.60. The number of hydrogen-bond acceptors (Lipinski definition) is 2. The number of benzene rings is 2. The molecule has 2 fully saturated rings. The van der Waals surface area contributed by atoms with Crippen LogP contribution in [0.2, 0.25) is 0 Å². The van der Waals surface area contributed by atoms with Crippen molar-refractivity contribution in [1.82, 2.24) is 4.72 Å². The fraction of sp³-hybridized carbons (Fsp3) is 0.520. The van der Waals surface area contributed by atoms with Gasteiger partial charge in [0.15, 0.2) is 0 Å². The van der Waals surface area contributed by atoms with E-state index in [2.05, 4.69) is 56.7 Å². The van der Waals surface area contributed by atoms with E-state index in [-0.39, 0.29) is 28.2 Å². The lowest BCUT2D eigenvalue weighted by Crippen LogP contribution is -2.46. The number of fused-ring (bicyclic) bond motifs is 2. The first-order valence-corrected chi connectivity index (χ1v) is 11.9. The summed E-state index contributed by atoms with van der Waals surface area (Å²) in [5.41, 5.74) is 2.50. The number of ether oxygens (including phenoxy) is 1. The zero-order chi connectivity index (χ0) is 20.6. The van der Waals surface area contributed by atoms with Gasteiger partial charge in [-0.15, -0.1) is 0 Å². The van der Waals surface area contributed by atoms with Crippen LogP contribution in [-0.2, 0) is 22.3 Å². The van der Waals surface area contributed by atoms with Gasteiger partial charge in [-0.3, -0.25) is 0 Å². The molecule has 0 aliphatic heterocycles. The van der Waals surface area contributed by atoms with Crippen molar-refractivity contribution >= 4 is 11.0 Å². The first-order valence-electron chi connectivity index (χ1n) is 10.7. The molecule has 6 atom stereocenters. The highest BCUT2D eigenvalue weighted by Gasteiger charge is 2.68. The van der Waals surface area contributed by atoms with E-state index in [1.807, 2.05) is 36.4 Å². The Bertz CT molecular complexity index is 854. The molecule has 0 saturated heterocycles. The Morgan fingerprint density at radius 1 is 1.07 bits per heavy atom. The van der Waals surface area contributed by atoms with Crippen molar-refractivity contribution < 1.29 is 8.95 Å². The molecule has 2 saturated carbocycles. The van der Waals surface area contributed by atoms with E-state index in [9.17, 15) is 4.21 Å². The molecule has 2 aliphatic rings. The van der Waals surface area contributed by atoms with Gasteiger partial charge in [-0.2, -0.15) is 0 Å². The van der Waals surface area contributed by atoms with Crippen molar-refractivity contribution in [1.29, 1.82) is 0 Å².